The Balaban J connectivity index is 1.06. The highest BCUT2D eigenvalue weighted by atomic mass is 79.9. The Kier molecular flexibility index (Phi) is 10.3. The Morgan fingerprint density at radius 1 is 0.932 bits per heavy atom. The first kappa shape index (κ1) is 31.6. The third-order valence-corrected chi connectivity index (χ3v) is 11.1. The van der Waals surface area contributed by atoms with Gasteiger partial charge in [0.2, 0.25) is 0 Å². The molecule has 0 spiro atoms. The van der Waals surface area contributed by atoms with E-state index in [1.165, 1.54) is 45.2 Å². The van der Waals surface area contributed by atoms with E-state index in [1.807, 2.05) is 40.1 Å². The molecule has 3 saturated heterocycles. The van der Waals surface area contributed by atoms with Crippen LogP contribution in [0.15, 0.2) is 45.3 Å². The normalized spacial score (nSPS) is 21.5. The summed E-state index contributed by atoms with van der Waals surface area (Å²) in [5.74, 6) is 0.183. The summed E-state index contributed by atoms with van der Waals surface area (Å²) in [7, 11) is 0. The van der Waals surface area contributed by atoms with Crippen LogP contribution in [0.2, 0.25) is 0 Å². The minimum Gasteiger partial charge on any atom is -0.506 e. The first-order valence-corrected chi connectivity index (χ1v) is 17.8. The van der Waals surface area contributed by atoms with Crippen molar-refractivity contribution in [3.8, 4) is 5.75 Å². The Morgan fingerprint density at radius 2 is 1.59 bits per heavy atom. The van der Waals surface area contributed by atoms with Crippen molar-refractivity contribution in [2.75, 3.05) is 51.1 Å². The summed E-state index contributed by atoms with van der Waals surface area (Å²) >= 11 is 6.94. The smallest absolute Gasteiger partial charge is 0.322 e. The molecule has 44 heavy (non-hydrogen) atoms. The number of anilines is 1. The largest absolute Gasteiger partial charge is 0.506 e. The lowest BCUT2D eigenvalue weighted by Crippen LogP contribution is -2.55. The van der Waals surface area contributed by atoms with Gasteiger partial charge in [-0.05, 0) is 132 Å². The lowest BCUT2D eigenvalue weighted by molar-refractivity contribution is 0.0872. The van der Waals surface area contributed by atoms with Crippen LogP contribution in [0.25, 0.3) is 0 Å². The van der Waals surface area contributed by atoms with Crippen LogP contribution in [0.4, 0.5) is 15.3 Å². The van der Waals surface area contributed by atoms with Gasteiger partial charge in [0.25, 0.3) is 0 Å². The lowest BCUT2D eigenvalue weighted by Gasteiger charge is -2.42. The fourth-order valence-electron chi connectivity index (χ4n) is 7.41. The predicted octanol–water partition coefficient (Wildman–Crippen LogP) is 6.00. The van der Waals surface area contributed by atoms with Gasteiger partial charge in [0.15, 0.2) is 0 Å². The number of benzene rings is 2. The maximum Gasteiger partial charge on any atom is 0.322 e. The highest BCUT2D eigenvalue weighted by Gasteiger charge is 2.33. The molecule has 11 heteroatoms. The number of fused-ring (bicyclic) bond motifs is 1. The van der Waals surface area contributed by atoms with Crippen molar-refractivity contribution in [3.63, 3.8) is 0 Å². The molecular weight excluding hydrogens is 688 g/mol. The SMILES string of the molecule is O=C(NC(Cc1cc(Br)c(O)c(Br)c1)CN1CCC(N2CCCCC2)CC1)N1CCC(N2Cc3ccccc3NC2=O)CC1. The summed E-state index contributed by atoms with van der Waals surface area (Å²) < 4.78 is 1.28. The second kappa shape index (κ2) is 14.4. The molecule has 0 aromatic heterocycles. The first-order valence-electron chi connectivity index (χ1n) is 16.2. The summed E-state index contributed by atoms with van der Waals surface area (Å²) in [5, 5.41) is 16.6. The fraction of sp³-hybridized carbons (Fsp3) is 0.576. The van der Waals surface area contributed by atoms with Gasteiger partial charge in [0, 0.05) is 50.0 Å². The van der Waals surface area contributed by atoms with Crippen LogP contribution in [-0.4, -0.2) is 101 Å². The van der Waals surface area contributed by atoms with E-state index < -0.39 is 0 Å². The van der Waals surface area contributed by atoms with E-state index in [1.54, 1.807) is 0 Å². The summed E-state index contributed by atoms with van der Waals surface area (Å²) in [5.41, 5.74) is 3.06. The minimum atomic E-state index is -0.0699. The van der Waals surface area contributed by atoms with Gasteiger partial charge in [-0.3, -0.25) is 0 Å². The number of piperidine rings is 3. The maximum absolute atomic E-state index is 13.6. The van der Waals surface area contributed by atoms with Gasteiger partial charge in [-0.25, -0.2) is 9.59 Å². The van der Waals surface area contributed by atoms with Gasteiger partial charge < -0.3 is 35.3 Å². The molecule has 0 bridgehead atoms. The van der Waals surface area contributed by atoms with Crippen LogP contribution in [-0.2, 0) is 13.0 Å². The summed E-state index contributed by atoms with van der Waals surface area (Å²) in [6.07, 6.45) is 8.55. The summed E-state index contributed by atoms with van der Waals surface area (Å²) in [6.45, 7) is 7.19. The number of hydrogen-bond acceptors (Lipinski definition) is 5. The number of phenolic OH excluding ortho intramolecular Hbond substituents is 1. The van der Waals surface area contributed by atoms with Crippen LogP contribution in [0.1, 0.15) is 56.1 Å². The number of likely N-dealkylation sites (tertiary alicyclic amines) is 3. The van der Waals surface area contributed by atoms with Crippen molar-refractivity contribution >= 4 is 49.6 Å². The molecule has 1 unspecified atom stereocenters. The summed E-state index contributed by atoms with van der Waals surface area (Å²) in [4.78, 5) is 35.5. The highest BCUT2D eigenvalue weighted by Crippen LogP contribution is 2.34. The van der Waals surface area contributed by atoms with Crippen LogP contribution in [0.3, 0.4) is 0 Å². The number of carbonyl (C=O) groups is 2. The Morgan fingerprint density at radius 3 is 2.30 bits per heavy atom. The Bertz CT molecular complexity index is 1300. The predicted molar refractivity (Wildman–Crippen MR) is 180 cm³/mol. The topological polar surface area (TPSA) is 91.4 Å². The Labute approximate surface area is 277 Å². The van der Waals surface area contributed by atoms with Crippen molar-refractivity contribution in [1.82, 2.24) is 24.9 Å². The van der Waals surface area contributed by atoms with Crippen molar-refractivity contribution in [2.24, 2.45) is 0 Å². The van der Waals surface area contributed by atoms with Crippen molar-refractivity contribution in [1.29, 1.82) is 0 Å². The van der Waals surface area contributed by atoms with Crippen molar-refractivity contribution < 1.29 is 14.7 Å². The fourth-order valence-corrected chi connectivity index (χ4v) is 8.69. The van der Waals surface area contributed by atoms with E-state index in [2.05, 4.69) is 58.4 Å². The number of para-hydroxylation sites is 1. The van der Waals surface area contributed by atoms with E-state index in [9.17, 15) is 14.7 Å². The zero-order valence-corrected chi connectivity index (χ0v) is 28.5. The molecule has 6 rings (SSSR count). The number of nitrogens with one attached hydrogen (secondary N) is 2. The molecule has 4 aliphatic rings. The average molecular weight is 733 g/mol. The molecule has 0 saturated carbocycles. The van der Waals surface area contributed by atoms with Crippen molar-refractivity contribution in [2.45, 2.75) is 76.0 Å². The number of carbonyl (C=O) groups excluding carboxylic acids is 2. The van der Waals surface area contributed by atoms with Gasteiger partial charge >= 0.3 is 12.1 Å². The van der Waals surface area contributed by atoms with Gasteiger partial charge in [-0.1, -0.05) is 24.6 Å². The molecule has 3 N–H and O–H groups in total. The quantitative estimate of drug-likeness (QED) is 0.325. The number of hydrogen-bond donors (Lipinski definition) is 3. The van der Waals surface area contributed by atoms with Gasteiger partial charge in [0.1, 0.15) is 5.75 Å². The molecule has 238 valence electrons. The molecule has 2 aromatic carbocycles. The highest BCUT2D eigenvalue weighted by molar-refractivity contribution is 9.11. The lowest BCUT2D eigenvalue weighted by atomic mass is 9.98. The van der Waals surface area contributed by atoms with Gasteiger partial charge in [0.05, 0.1) is 8.95 Å². The second-order valence-corrected chi connectivity index (χ2v) is 14.5. The number of urea groups is 2. The average Bonchev–Trinajstić information content (AvgIpc) is 3.04. The van der Waals surface area contributed by atoms with E-state index >= 15 is 0 Å². The molecular formula is C33H44Br2N6O3. The molecule has 0 aliphatic carbocycles. The van der Waals surface area contributed by atoms with Crippen LogP contribution in [0.5, 0.6) is 5.75 Å². The Hall–Kier alpha value is -2.34. The van der Waals surface area contributed by atoms with E-state index in [0.29, 0.717) is 41.0 Å². The number of halogens is 2. The molecule has 4 heterocycles. The number of amides is 4. The number of phenols is 1. The van der Waals surface area contributed by atoms with Crippen LogP contribution < -0.4 is 10.6 Å². The van der Waals surface area contributed by atoms with Gasteiger partial charge in [-0.15, -0.1) is 0 Å². The monoisotopic (exact) mass is 730 g/mol. The van der Waals surface area contributed by atoms with E-state index in [0.717, 1.165) is 49.3 Å². The standard InChI is InChI=1S/C33H44Br2N6O3/c34-28-19-23(20-29(35)31(28)42)18-25(22-38-14-8-26(9-15-38)39-12-4-1-5-13-39)36-32(43)40-16-10-27(11-17-40)41-21-24-6-2-3-7-30(24)37-33(41)44/h2-3,6-7,19-20,25-27,42H,1,4-5,8-18,21-22H2,(H,36,43)(H,37,44). The molecule has 2 aromatic rings. The third-order valence-electron chi connectivity index (χ3n) is 9.88. The number of aromatic hydroxyl groups is 1. The second-order valence-electron chi connectivity index (χ2n) is 12.8. The first-order chi connectivity index (χ1) is 21.3. The summed E-state index contributed by atoms with van der Waals surface area (Å²) in [6, 6.07) is 12.5. The number of nitrogens with zero attached hydrogens (tertiary/aromatic N) is 4. The van der Waals surface area contributed by atoms with E-state index in [-0.39, 0.29) is 29.9 Å². The zero-order valence-electron chi connectivity index (χ0n) is 25.3. The molecule has 3 fully saturated rings. The third kappa shape index (κ3) is 7.54. The van der Waals surface area contributed by atoms with Crippen LogP contribution in [0, 0.1) is 0 Å². The maximum atomic E-state index is 13.6. The minimum absolute atomic E-state index is 0.0398. The molecule has 4 aliphatic heterocycles. The zero-order chi connectivity index (χ0) is 30.6. The molecule has 4 amide bonds. The van der Waals surface area contributed by atoms with Crippen LogP contribution >= 0.6 is 31.9 Å². The number of rotatable bonds is 7. The van der Waals surface area contributed by atoms with Crippen molar-refractivity contribution in [3.05, 3.63) is 56.5 Å². The van der Waals surface area contributed by atoms with Gasteiger partial charge in [-0.2, -0.15) is 0 Å². The molecule has 9 nitrogen and oxygen atoms in total. The molecule has 1 atom stereocenters. The molecule has 0 radical (unpaired) electrons. The van der Waals surface area contributed by atoms with E-state index in [4.69, 9.17) is 0 Å².